The summed E-state index contributed by atoms with van der Waals surface area (Å²) >= 11 is 0. The van der Waals surface area contributed by atoms with E-state index < -0.39 is 5.54 Å². The zero-order chi connectivity index (χ0) is 14.0. The van der Waals surface area contributed by atoms with E-state index in [9.17, 15) is 4.79 Å². The standard InChI is InChI=1S/C11H22N4O3/c1-5-18-10(16)11(3,9(2)17-4)13-7-6-8-14-15-12/h9,13H,5-8H2,1-4H3. The predicted molar refractivity (Wildman–Crippen MR) is 68.1 cm³/mol. The molecule has 0 aliphatic heterocycles. The third kappa shape index (κ3) is 4.91. The van der Waals surface area contributed by atoms with Crippen molar-refractivity contribution in [2.75, 3.05) is 26.8 Å². The van der Waals surface area contributed by atoms with E-state index in [1.54, 1.807) is 27.9 Å². The van der Waals surface area contributed by atoms with Gasteiger partial charge in [-0.1, -0.05) is 5.11 Å². The Morgan fingerprint density at radius 1 is 1.61 bits per heavy atom. The molecule has 0 aromatic carbocycles. The summed E-state index contributed by atoms with van der Waals surface area (Å²) in [6.45, 7) is 6.57. The molecule has 0 spiro atoms. The fraction of sp³-hybridized carbons (Fsp3) is 0.909. The lowest BCUT2D eigenvalue weighted by Crippen LogP contribution is -2.58. The maximum Gasteiger partial charge on any atom is 0.328 e. The maximum atomic E-state index is 11.9. The average molecular weight is 258 g/mol. The van der Waals surface area contributed by atoms with Crippen LogP contribution in [-0.2, 0) is 14.3 Å². The normalized spacial score (nSPS) is 15.3. The van der Waals surface area contributed by atoms with E-state index in [1.807, 2.05) is 0 Å². The quantitative estimate of drug-likeness (QED) is 0.223. The molecular weight excluding hydrogens is 236 g/mol. The fourth-order valence-corrected chi connectivity index (χ4v) is 1.44. The molecule has 2 unspecified atom stereocenters. The lowest BCUT2D eigenvalue weighted by molar-refractivity contribution is -0.156. The van der Waals surface area contributed by atoms with E-state index in [0.29, 0.717) is 26.1 Å². The van der Waals surface area contributed by atoms with Crippen molar-refractivity contribution in [2.24, 2.45) is 5.11 Å². The van der Waals surface area contributed by atoms with Gasteiger partial charge in [0, 0.05) is 18.6 Å². The van der Waals surface area contributed by atoms with Gasteiger partial charge in [-0.3, -0.25) is 5.32 Å². The molecule has 0 bridgehead atoms. The molecule has 2 atom stereocenters. The van der Waals surface area contributed by atoms with Gasteiger partial charge in [0.05, 0.1) is 12.7 Å². The summed E-state index contributed by atoms with van der Waals surface area (Å²) < 4.78 is 10.3. The Morgan fingerprint density at radius 2 is 2.28 bits per heavy atom. The van der Waals surface area contributed by atoms with Crippen molar-refractivity contribution >= 4 is 5.97 Å². The van der Waals surface area contributed by atoms with Crippen LogP contribution in [0.4, 0.5) is 0 Å². The van der Waals surface area contributed by atoms with E-state index in [4.69, 9.17) is 15.0 Å². The van der Waals surface area contributed by atoms with Crippen molar-refractivity contribution < 1.29 is 14.3 Å². The molecule has 1 N–H and O–H groups in total. The van der Waals surface area contributed by atoms with Crippen molar-refractivity contribution in [1.29, 1.82) is 0 Å². The van der Waals surface area contributed by atoms with Crippen LogP contribution in [0.25, 0.3) is 10.4 Å². The first-order valence-electron chi connectivity index (χ1n) is 5.98. The van der Waals surface area contributed by atoms with Crippen LogP contribution in [0.2, 0.25) is 0 Å². The molecule has 0 aromatic rings. The second kappa shape index (κ2) is 8.74. The van der Waals surface area contributed by atoms with Gasteiger partial charge in [-0.25, -0.2) is 4.79 Å². The highest BCUT2D eigenvalue weighted by molar-refractivity contribution is 5.81. The highest BCUT2D eigenvalue weighted by Crippen LogP contribution is 2.15. The minimum atomic E-state index is -0.902. The molecule has 104 valence electrons. The van der Waals surface area contributed by atoms with E-state index in [-0.39, 0.29) is 12.1 Å². The Hall–Kier alpha value is -1.30. The Balaban J connectivity index is 4.47. The monoisotopic (exact) mass is 258 g/mol. The van der Waals surface area contributed by atoms with Crippen LogP contribution in [0.3, 0.4) is 0 Å². The summed E-state index contributed by atoms with van der Waals surface area (Å²) in [6.07, 6.45) is 0.325. The highest BCUT2D eigenvalue weighted by Gasteiger charge is 2.40. The predicted octanol–water partition coefficient (Wildman–Crippen LogP) is 1.63. The van der Waals surface area contributed by atoms with Crippen LogP contribution >= 0.6 is 0 Å². The van der Waals surface area contributed by atoms with Gasteiger partial charge in [0.2, 0.25) is 0 Å². The van der Waals surface area contributed by atoms with Crippen LogP contribution in [0, 0.1) is 0 Å². The largest absolute Gasteiger partial charge is 0.465 e. The van der Waals surface area contributed by atoms with Crippen LogP contribution in [0.5, 0.6) is 0 Å². The molecule has 0 aromatic heterocycles. The Morgan fingerprint density at radius 3 is 2.78 bits per heavy atom. The number of hydrogen-bond donors (Lipinski definition) is 1. The Kier molecular flexibility index (Phi) is 8.11. The molecule has 7 heteroatoms. The van der Waals surface area contributed by atoms with Gasteiger partial charge in [-0.2, -0.15) is 0 Å². The number of carbonyl (C=O) groups is 1. The number of azide groups is 1. The first-order valence-corrected chi connectivity index (χ1v) is 5.98. The van der Waals surface area contributed by atoms with Gasteiger partial charge < -0.3 is 9.47 Å². The van der Waals surface area contributed by atoms with E-state index in [0.717, 1.165) is 0 Å². The van der Waals surface area contributed by atoms with Crippen molar-refractivity contribution in [3.8, 4) is 0 Å². The molecule has 0 aliphatic carbocycles. The number of rotatable bonds is 9. The summed E-state index contributed by atoms with van der Waals surface area (Å²) in [5.41, 5.74) is 7.25. The smallest absolute Gasteiger partial charge is 0.328 e. The van der Waals surface area contributed by atoms with Crippen LogP contribution in [0.15, 0.2) is 5.11 Å². The van der Waals surface area contributed by atoms with E-state index in [1.165, 1.54) is 0 Å². The molecule has 18 heavy (non-hydrogen) atoms. The number of nitrogens with zero attached hydrogens (tertiary/aromatic N) is 3. The zero-order valence-electron chi connectivity index (χ0n) is 11.5. The summed E-state index contributed by atoms with van der Waals surface area (Å²) in [5, 5.41) is 6.54. The molecule has 0 saturated heterocycles. The summed E-state index contributed by atoms with van der Waals surface area (Å²) in [6, 6.07) is 0. The number of hydrogen-bond acceptors (Lipinski definition) is 5. The summed E-state index contributed by atoms with van der Waals surface area (Å²) in [4.78, 5) is 14.6. The number of ether oxygens (including phenoxy) is 2. The van der Waals surface area contributed by atoms with Gasteiger partial charge in [-0.05, 0) is 39.3 Å². The SMILES string of the molecule is CCOC(=O)C(C)(NCCCN=[N+]=[N-])C(C)OC. The second-order valence-electron chi connectivity index (χ2n) is 4.04. The second-order valence-corrected chi connectivity index (χ2v) is 4.04. The maximum absolute atomic E-state index is 11.9. The summed E-state index contributed by atoms with van der Waals surface area (Å²) in [5.74, 6) is -0.344. The third-order valence-electron chi connectivity index (χ3n) is 2.86. The molecular formula is C11H22N4O3. The number of esters is 1. The first-order chi connectivity index (χ1) is 8.52. The minimum Gasteiger partial charge on any atom is -0.465 e. The molecule has 0 radical (unpaired) electrons. The molecule has 0 saturated carbocycles. The van der Waals surface area contributed by atoms with Crippen molar-refractivity contribution in [3.63, 3.8) is 0 Å². The molecule has 0 aliphatic rings. The van der Waals surface area contributed by atoms with Crippen molar-refractivity contribution in [2.45, 2.75) is 38.8 Å². The van der Waals surface area contributed by atoms with Gasteiger partial charge in [0.1, 0.15) is 5.54 Å². The number of methoxy groups -OCH3 is 1. The molecule has 0 rings (SSSR count). The molecule has 7 nitrogen and oxygen atoms in total. The van der Waals surface area contributed by atoms with Gasteiger partial charge >= 0.3 is 5.97 Å². The van der Waals surface area contributed by atoms with Crippen molar-refractivity contribution in [3.05, 3.63) is 10.4 Å². The number of nitrogens with one attached hydrogen (secondary N) is 1. The summed E-state index contributed by atoms with van der Waals surface area (Å²) in [7, 11) is 1.55. The van der Waals surface area contributed by atoms with Crippen molar-refractivity contribution in [1.82, 2.24) is 5.32 Å². The molecule has 0 amide bonds. The molecule has 0 fully saturated rings. The zero-order valence-corrected chi connectivity index (χ0v) is 11.5. The lowest BCUT2D eigenvalue weighted by atomic mass is 9.95. The Bertz CT molecular complexity index is 305. The highest BCUT2D eigenvalue weighted by atomic mass is 16.5. The topological polar surface area (TPSA) is 96.3 Å². The van der Waals surface area contributed by atoms with Gasteiger partial charge in [0.15, 0.2) is 0 Å². The lowest BCUT2D eigenvalue weighted by Gasteiger charge is -2.33. The van der Waals surface area contributed by atoms with Crippen LogP contribution < -0.4 is 5.32 Å². The van der Waals surface area contributed by atoms with E-state index in [2.05, 4.69) is 15.3 Å². The van der Waals surface area contributed by atoms with Crippen LogP contribution in [-0.4, -0.2) is 44.4 Å². The Labute approximate surface area is 107 Å². The first kappa shape index (κ1) is 16.7. The minimum absolute atomic E-state index is 0.323. The van der Waals surface area contributed by atoms with Crippen LogP contribution in [0.1, 0.15) is 27.2 Å². The third-order valence-corrected chi connectivity index (χ3v) is 2.86. The fourth-order valence-electron chi connectivity index (χ4n) is 1.44. The van der Waals surface area contributed by atoms with Gasteiger partial charge in [-0.15, -0.1) is 0 Å². The number of carbonyl (C=O) groups excluding carboxylic acids is 1. The average Bonchev–Trinajstić information content (AvgIpc) is 2.37. The molecule has 0 heterocycles. The van der Waals surface area contributed by atoms with E-state index >= 15 is 0 Å². The van der Waals surface area contributed by atoms with Gasteiger partial charge in [0.25, 0.3) is 0 Å².